The van der Waals surface area contributed by atoms with Crippen molar-refractivity contribution < 1.29 is 17.9 Å². The minimum absolute atomic E-state index is 0.0133. The first-order valence-electron chi connectivity index (χ1n) is 6.59. The Hall–Kier alpha value is -1.90. The third-order valence-corrected chi connectivity index (χ3v) is 3.36. The van der Waals surface area contributed by atoms with Crippen molar-refractivity contribution in [2.75, 3.05) is 11.9 Å². The first-order chi connectivity index (χ1) is 10.3. The van der Waals surface area contributed by atoms with Crippen LogP contribution in [0, 0.1) is 0 Å². The highest BCUT2D eigenvalue weighted by atomic mass is 32.1. The number of ether oxygens (including phenoxy) is 1. The Morgan fingerprint density at radius 1 is 1.27 bits per heavy atom. The molecule has 0 amide bonds. The molecule has 0 atom stereocenters. The second-order valence-electron chi connectivity index (χ2n) is 4.71. The molecule has 1 N–H and O–H groups in total. The largest absolute Gasteiger partial charge is 0.474 e. The van der Waals surface area contributed by atoms with Gasteiger partial charge in [-0.2, -0.15) is 18.2 Å². The van der Waals surface area contributed by atoms with E-state index >= 15 is 0 Å². The van der Waals surface area contributed by atoms with E-state index in [0.717, 1.165) is 16.7 Å². The van der Waals surface area contributed by atoms with Crippen molar-refractivity contribution >= 4 is 17.2 Å². The molecule has 0 bridgehead atoms. The zero-order chi connectivity index (χ0) is 16.2. The van der Waals surface area contributed by atoms with Gasteiger partial charge in [-0.1, -0.05) is 0 Å². The maximum Gasteiger partial charge on any atom is 0.434 e. The predicted octanol–water partition coefficient (Wildman–Crippen LogP) is 3.39. The van der Waals surface area contributed by atoms with E-state index in [9.17, 15) is 13.2 Å². The molecule has 0 aliphatic carbocycles. The fourth-order valence-electron chi connectivity index (χ4n) is 1.58. The van der Waals surface area contributed by atoms with Crippen molar-refractivity contribution in [2.45, 2.75) is 32.5 Å². The van der Waals surface area contributed by atoms with Gasteiger partial charge in [0.15, 0.2) is 5.69 Å². The van der Waals surface area contributed by atoms with Gasteiger partial charge in [-0.3, -0.25) is 4.98 Å². The Balaban J connectivity index is 1.87. The van der Waals surface area contributed by atoms with E-state index in [1.54, 1.807) is 0 Å². The molecule has 2 aromatic rings. The summed E-state index contributed by atoms with van der Waals surface area (Å²) in [7, 11) is 0. The second-order valence-corrected chi connectivity index (χ2v) is 5.65. The Morgan fingerprint density at radius 2 is 2.05 bits per heavy atom. The van der Waals surface area contributed by atoms with E-state index in [2.05, 4.69) is 20.3 Å². The fraction of sp³-hybridized carbons (Fsp3) is 0.462. The van der Waals surface area contributed by atoms with Crippen LogP contribution in [0.4, 0.5) is 19.0 Å². The van der Waals surface area contributed by atoms with Crippen molar-refractivity contribution in [2.24, 2.45) is 0 Å². The van der Waals surface area contributed by atoms with E-state index in [1.165, 1.54) is 12.4 Å². The van der Waals surface area contributed by atoms with Gasteiger partial charge in [0, 0.05) is 18.3 Å². The van der Waals surface area contributed by atoms with Crippen LogP contribution in [0.1, 0.15) is 24.5 Å². The zero-order valence-electron chi connectivity index (χ0n) is 12.0. The smallest absolute Gasteiger partial charge is 0.434 e. The lowest BCUT2D eigenvalue weighted by Gasteiger charge is -2.09. The van der Waals surface area contributed by atoms with Crippen molar-refractivity contribution in [3.8, 4) is 5.88 Å². The summed E-state index contributed by atoms with van der Waals surface area (Å²) in [4.78, 5) is 11.7. The molecule has 5 nitrogen and oxygen atoms in total. The second kappa shape index (κ2) is 6.91. The lowest BCUT2D eigenvalue weighted by atomic mass is 10.4. The molecular weight excluding hydrogens is 317 g/mol. The van der Waals surface area contributed by atoms with Crippen molar-refractivity contribution in [1.82, 2.24) is 15.0 Å². The lowest BCUT2D eigenvalue weighted by molar-refractivity contribution is -0.140. The number of aromatic nitrogens is 3. The molecule has 9 heteroatoms. The number of nitrogens with one attached hydrogen (secondary N) is 1. The Kier molecular flexibility index (Phi) is 5.17. The maximum absolute atomic E-state index is 12.4. The molecule has 22 heavy (non-hydrogen) atoms. The van der Waals surface area contributed by atoms with Crippen LogP contribution in [0.3, 0.4) is 0 Å². The number of alkyl halides is 3. The summed E-state index contributed by atoms with van der Waals surface area (Å²) in [5.74, 6) is 0.902. The van der Waals surface area contributed by atoms with Crippen molar-refractivity contribution in [3.63, 3.8) is 0 Å². The number of nitrogens with zero attached hydrogens (tertiary/aromatic N) is 3. The van der Waals surface area contributed by atoms with Gasteiger partial charge in [0.2, 0.25) is 5.88 Å². The average Bonchev–Trinajstić information content (AvgIpc) is 2.87. The number of hydrogen-bond acceptors (Lipinski definition) is 6. The molecule has 0 aliphatic heterocycles. The van der Waals surface area contributed by atoms with Crippen LogP contribution in [-0.4, -0.2) is 27.6 Å². The maximum atomic E-state index is 12.4. The molecule has 0 radical (unpaired) electrons. The molecular formula is C13H15F3N4OS. The third-order valence-electron chi connectivity index (χ3n) is 2.46. The summed E-state index contributed by atoms with van der Waals surface area (Å²) < 4.78 is 42.7. The first-order valence-corrected chi connectivity index (χ1v) is 7.46. The third kappa shape index (κ3) is 4.83. The van der Waals surface area contributed by atoms with Crippen LogP contribution in [0.2, 0.25) is 0 Å². The zero-order valence-corrected chi connectivity index (χ0v) is 12.8. The van der Waals surface area contributed by atoms with Gasteiger partial charge < -0.3 is 10.1 Å². The van der Waals surface area contributed by atoms with Gasteiger partial charge in [-0.25, -0.2) is 4.98 Å². The molecule has 0 saturated heterocycles. The van der Waals surface area contributed by atoms with Crippen LogP contribution in [0.15, 0.2) is 17.8 Å². The monoisotopic (exact) mass is 332 g/mol. The number of rotatable bonds is 6. The quantitative estimate of drug-likeness (QED) is 0.878. The molecule has 0 fully saturated rings. The van der Waals surface area contributed by atoms with Crippen LogP contribution < -0.4 is 10.1 Å². The van der Waals surface area contributed by atoms with E-state index in [1.807, 2.05) is 13.8 Å². The number of thiazole rings is 1. The SMILES string of the molecule is CC(C)Oc1cncc(NCCc2nc(C(F)(F)F)cs2)n1. The molecule has 0 aromatic carbocycles. The van der Waals surface area contributed by atoms with E-state index in [0.29, 0.717) is 29.7 Å². The topological polar surface area (TPSA) is 59.9 Å². The molecule has 0 spiro atoms. The van der Waals surface area contributed by atoms with Crippen LogP contribution in [0.25, 0.3) is 0 Å². The van der Waals surface area contributed by atoms with Crippen LogP contribution in [0.5, 0.6) is 5.88 Å². The summed E-state index contributed by atoms with van der Waals surface area (Å²) >= 11 is 0.991. The highest BCUT2D eigenvalue weighted by molar-refractivity contribution is 7.09. The van der Waals surface area contributed by atoms with Crippen LogP contribution in [-0.2, 0) is 12.6 Å². The lowest BCUT2D eigenvalue weighted by Crippen LogP contribution is -2.10. The van der Waals surface area contributed by atoms with Gasteiger partial charge in [0.25, 0.3) is 0 Å². The van der Waals surface area contributed by atoms with Gasteiger partial charge in [0.1, 0.15) is 5.82 Å². The fourth-order valence-corrected chi connectivity index (χ4v) is 2.39. The highest BCUT2D eigenvalue weighted by Gasteiger charge is 2.33. The molecule has 0 saturated carbocycles. The number of hydrogen-bond donors (Lipinski definition) is 1. The predicted molar refractivity (Wildman–Crippen MR) is 77.1 cm³/mol. The first kappa shape index (κ1) is 16.5. The molecule has 2 aromatic heterocycles. The molecule has 0 aliphatic rings. The summed E-state index contributed by atoms with van der Waals surface area (Å²) in [6, 6.07) is 0. The van der Waals surface area contributed by atoms with Crippen LogP contribution >= 0.6 is 11.3 Å². The standard InChI is InChI=1S/C13H15F3N4OS/c1-8(2)21-11-6-17-5-10(20-11)18-4-3-12-19-9(7-22-12)13(14,15)16/h5-8H,3-4H2,1-2H3,(H,18,20). The van der Waals surface area contributed by atoms with Gasteiger partial charge in [0.05, 0.1) is 23.5 Å². The molecule has 2 heterocycles. The van der Waals surface area contributed by atoms with Gasteiger partial charge in [-0.05, 0) is 13.8 Å². The Bertz CT molecular complexity index is 615. The van der Waals surface area contributed by atoms with Gasteiger partial charge in [-0.15, -0.1) is 11.3 Å². The summed E-state index contributed by atoms with van der Waals surface area (Å²) in [5, 5.41) is 4.43. The Labute approximate surface area is 129 Å². The van der Waals surface area contributed by atoms with Crippen molar-refractivity contribution in [1.29, 1.82) is 0 Å². The minimum Gasteiger partial charge on any atom is -0.474 e. The minimum atomic E-state index is -4.39. The summed E-state index contributed by atoms with van der Waals surface area (Å²) in [5.41, 5.74) is -0.848. The Morgan fingerprint density at radius 3 is 2.68 bits per heavy atom. The van der Waals surface area contributed by atoms with E-state index in [4.69, 9.17) is 4.74 Å². The van der Waals surface area contributed by atoms with E-state index in [-0.39, 0.29) is 6.10 Å². The van der Waals surface area contributed by atoms with Gasteiger partial charge >= 0.3 is 6.18 Å². The van der Waals surface area contributed by atoms with Crippen molar-refractivity contribution in [3.05, 3.63) is 28.5 Å². The average molecular weight is 332 g/mol. The highest BCUT2D eigenvalue weighted by Crippen LogP contribution is 2.30. The summed E-state index contributed by atoms with van der Waals surface area (Å²) in [6.07, 6.45) is -1.01. The number of anilines is 1. The molecule has 2 rings (SSSR count). The molecule has 0 unspecified atom stereocenters. The normalized spacial score (nSPS) is 11.7. The molecule has 120 valence electrons. The van der Waals surface area contributed by atoms with E-state index < -0.39 is 11.9 Å². The number of halogens is 3. The summed E-state index contributed by atoms with van der Waals surface area (Å²) in [6.45, 7) is 4.16.